The molecule has 0 aliphatic rings. The maximum atomic E-state index is 5.28. The minimum absolute atomic E-state index is 0.562. The van der Waals surface area contributed by atoms with Gasteiger partial charge in [-0.3, -0.25) is 4.57 Å². The van der Waals surface area contributed by atoms with Gasteiger partial charge in [0.15, 0.2) is 11.6 Å². The monoisotopic (exact) mass is 746 g/mol. The van der Waals surface area contributed by atoms with Crippen LogP contribution in [-0.4, -0.2) is 29.1 Å². The number of benzene rings is 8. The lowest BCUT2D eigenvalue weighted by Gasteiger charge is -2.13. The van der Waals surface area contributed by atoms with E-state index in [4.69, 9.17) is 19.9 Å². The third-order valence-corrected chi connectivity index (χ3v) is 12.1. The number of rotatable bonds is 5. The van der Waals surface area contributed by atoms with Crippen molar-refractivity contribution in [2.75, 3.05) is 0 Å². The fraction of sp³-hybridized carbons (Fsp3) is 0. The summed E-state index contributed by atoms with van der Waals surface area (Å²) in [5.74, 6) is 1.80. The third kappa shape index (κ3) is 4.89. The average Bonchev–Trinajstić information content (AvgIpc) is 3.97. The highest BCUT2D eigenvalue weighted by atomic mass is 32.1. The van der Waals surface area contributed by atoms with Crippen LogP contribution in [-0.2, 0) is 0 Å². The van der Waals surface area contributed by atoms with Crippen LogP contribution in [0.15, 0.2) is 182 Å². The molecule has 266 valence electrons. The quantitative estimate of drug-likeness (QED) is 0.176. The van der Waals surface area contributed by atoms with Crippen LogP contribution in [0, 0.1) is 0 Å². The molecule has 0 atom stereocenters. The van der Waals surface area contributed by atoms with E-state index in [-0.39, 0.29) is 0 Å². The Morgan fingerprint density at radius 3 is 1.61 bits per heavy atom. The smallest absolute Gasteiger partial charge is 0.238 e. The van der Waals surface area contributed by atoms with Crippen LogP contribution in [0.5, 0.6) is 0 Å². The van der Waals surface area contributed by atoms with Crippen molar-refractivity contribution in [1.29, 1.82) is 0 Å². The molecule has 0 radical (unpaired) electrons. The molecule has 0 amide bonds. The van der Waals surface area contributed by atoms with Gasteiger partial charge in [-0.15, -0.1) is 11.3 Å². The molecule has 4 heterocycles. The summed E-state index contributed by atoms with van der Waals surface area (Å²) < 4.78 is 5.81. The zero-order chi connectivity index (χ0) is 37.5. The molecule has 0 spiro atoms. The Kier molecular flexibility index (Phi) is 7.00. The molecule has 0 N–H and O–H groups in total. The van der Waals surface area contributed by atoms with E-state index in [0.717, 1.165) is 75.8 Å². The van der Waals surface area contributed by atoms with E-state index in [1.165, 1.54) is 16.2 Å². The predicted octanol–water partition coefficient (Wildman–Crippen LogP) is 12.8. The first-order valence-corrected chi connectivity index (χ1v) is 19.8. The molecule has 8 aromatic carbocycles. The SMILES string of the molecule is c1ccc(-c2nc(-c3ccccc3)nc(-n3c4ccccc4c4ccc5c6ccccc6n(-c6cccc7nc(-c8cccc9ccccc89)sc67)c5c43)n2)cc1. The van der Waals surface area contributed by atoms with Crippen LogP contribution >= 0.6 is 11.3 Å². The summed E-state index contributed by atoms with van der Waals surface area (Å²) in [5, 5.41) is 7.98. The highest BCUT2D eigenvalue weighted by Gasteiger charge is 2.24. The van der Waals surface area contributed by atoms with Crippen molar-refractivity contribution in [2.45, 2.75) is 0 Å². The molecular weight excluding hydrogens is 717 g/mol. The fourth-order valence-electron chi connectivity index (χ4n) is 8.49. The molecule has 7 heteroatoms. The summed E-state index contributed by atoms with van der Waals surface area (Å²) in [6.07, 6.45) is 0. The average molecular weight is 747 g/mol. The van der Waals surface area contributed by atoms with Crippen molar-refractivity contribution in [2.24, 2.45) is 0 Å². The Hall–Kier alpha value is -7.48. The van der Waals surface area contributed by atoms with Gasteiger partial charge in [0, 0.05) is 38.2 Å². The Bertz CT molecular complexity index is 3460. The van der Waals surface area contributed by atoms with Gasteiger partial charge in [0.05, 0.1) is 38.0 Å². The second kappa shape index (κ2) is 12.5. The van der Waals surface area contributed by atoms with E-state index in [9.17, 15) is 0 Å². The lowest BCUT2D eigenvalue weighted by molar-refractivity contribution is 0.953. The number of para-hydroxylation sites is 2. The van der Waals surface area contributed by atoms with Gasteiger partial charge in [-0.25, -0.2) is 9.97 Å². The summed E-state index contributed by atoms with van der Waals surface area (Å²) in [4.78, 5) is 20.9. The van der Waals surface area contributed by atoms with Crippen LogP contribution in [0.25, 0.3) is 110 Å². The van der Waals surface area contributed by atoms with Gasteiger partial charge in [-0.1, -0.05) is 158 Å². The van der Waals surface area contributed by atoms with Crippen LogP contribution in [0.4, 0.5) is 0 Å². The summed E-state index contributed by atoms with van der Waals surface area (Å²) in [5.41, 5.74) is 9.31. The van der Waals surface area contributed by atoms with Crippen LogP contribution in [0.3, 0.4) is 0 Å². The molecule has 0 aliphatic carbocycles. The number of fused-ring (bicyclic) bond motifs is 9. The summed E-state index contributed by atoms with van der Waals surface area (Å²) in [6.45, 7) is 0. The maximum Gasteiger partial charge on any atom is 0.238 e. The van der Waals surface area contributed by atoms with Crippen molar-refractivity contribution in [3.8, 4) is 45.0 Å². The summed E-state index contributed by atoms with van der Waals surface area (Å²) >= 11 is 1.75. The predicted molar refractivity (Wildman–Crippen MR) is 235 cm³/mol. The van der Waals surface area contributed by atoms with E-state index in [2.05, 4.69) is 155 Å². The lowest BCUT2D eigenvalue weighted by atomic mass is 10.1. The summed E-state index contributed by atoms with van der Waals surface area (Å²) in [7, 11) is 0. The van der Waals surface area contributed by atoms with E-state index >= 15 is 0 Å². The van der Waals surface area contributed by atoms with Crippen molar-refractivity contribution in [1.82, 2.24) is 29.1 Å². The van der Waals surface area contributed by atoms with Crippen molar-refractivity contribution >= 4 is 75.9 Å². The molecule has 0 aliphatic heterocycles. The Morgan fingerprint density at radius 1 is 0.386 bits per heavy atom. The van der Waals surface area contributed by atoms with Gasteiger partial charge in [0.25, 0.3) is 0 Å². The standard InChI is InChI=1S/C50H30N6S/c1-3-16-32(17-4-1)47-52-48(33-18-5-2-6-19-33)54-50(53-47)56-42-27-12-10-23-36(42)38-30-29-37-35-22-9-11-26-41(35)55(44(37)45(38)56)43-28-14-25-40-46(43)57-49(51-40)39-24-13-20-31-15-7-8-21-34(31)39/h1-30H. The van der Waals surface area contributed by atoms with Gasteiger partial charge in [-0.2, -0.15) is 9.97 Å². The van der Waals surface area contributed by atoms with Crippen LogP contribution < -0.4 is 0 Å². The minimum atomic E-state index is 0.562. The highest BCUT2D eigenvalue weighted by Crippen LogP contribution is 2.44. The zero-order valence-electron chi connectivity index (χ0n) is 30.4. The van der Waals surface area contributed by atoms with Gasteiger partial charge in [0.1, 0.15) is 5.01 Å². The van der Waals surface area contributed by atoms with E-state index in [0.29, 0.717) is 17.6 Å². The maximum absolute atomic E-state index is 5.28. The summed E-state index contributed by atoms with van der Waals surface area (Å²) in [6, 6.07) is 63.7. The fourth-order valence-corrected chi connectivity index (χ4v) is 9.60. The second-order valence-corrected chi connectivity index (χ2v) is 15.2. The lowest BCUT2D eigenvalue weighted by Crippen LogP contribution is -2.07. The van der Waals surface area contributed by atoms with E-state index in [1.807, 2.05) is 36.4 Å². The molecule has 0 saturated heterocycles. The first kappa shape index (κ1) is 31.8. The number of thiazole rings is 1. The molecule has 0 saturated carbocycles. The third-order valence-electron chi connectivity index (χ3n) is 11.0. The molecule has 12 aromatic rings. The molecule has 0 unspecified atom stereocenters. The molecule has 4 aromatic heterocycles. The van der Waals surface area contributed by atoms with Gasteiger partial charge in [-0.05, 0) is 35.0 Å². The second-order valence-electron chi connectivity index (χ2n) is 14.2. The van der Waals surface area contributed by atoms with Crippen molar-refractivity contribution < 1.29 is 0 Å². The molecule has 0 bridgehead atoms. The zero-order valence-corrected chi connectivity index (χ0v) is 31.2. The van der Waals surface area contributed by atoms with Gasteiger partial charge in [0.2, 0.25) is 5.95 Å². The largest absolute Gasteiger partial charge is 0.306 e. The number of nitrogens with zero attached hydrogens (tertiary/aromatic N) is 6. The Balaban J connectivity index is 1.21. The topological polar surface area (TPSA) is 61.4 Å². The van der Waals surface area contributed by atoms with Gasteiger partial charge < -0.3 is 4.57 Å². The van der Waals surface area contributed by atoms with Crippen LogP contribution in [0.1, 0.15) is 0 Å². The first-order valence-electron chi connectivity index (χ1n) is 19.0. The number of aromatic nitrogens is 6. The van der Waals surface area contributed by atoms with E-state index < -0.39 is 0 Å². The number of hydrogen-bond donors (Lipinski definition) is 0. The first-order chi connectivity index (χ1) is 28.3. The molecule has 0 fully saturated rings. The van der Waals surface area contributed by atoms with Crippen molar-refractivity contribution in [3.63, 3.8) is 0 Å². The Morgan fingerprint density at radius 2 is 0.930 bits per heavy atom. The molecular formula is C50H30N6S. The highest BCUT2D eigenvalue weighted by molar-refractivity contribution is 7.22. The van der Waals surface area contributed by atoms with Crippen LogP contribution in [0.2, 0.25) is 0 Å². The minimum Gasteiger partial charge on any atom is -0.306 e. The van der Waals surface area contributed by atoms with Crippen molar-refractivity contribution in [3.05, 3.63) is 182 Å². The van der Waals surface area contributed by atoms with Gasteiger partial charge >= 0.3 is 0 Å². The molecule has 6 nitrogen and oxygen atoms in total. The number of hydrogen-bond acceptors (Lipinski definition) is 5. The van der Waals surface area contributed by atoms with E-state index in [1.54, 1.807) is 11.3 Å². The Labute approximate surface area is 330 Å². The molecule has 57 heavy (non-hydrogen) atoms. The molecule has 12 rings (SSSR count). The normalized spacial score (nSPS) is 11.9.